The molecule has 19 heavy (non-hydrogen) atoms. The quantitative estimate of drug-likeness (QED) is 0.749. The van der Waals surface area contributed by atoms with Crippen LogP contribution in [0.5, 0.6) is 5.75 Å². The van der Waals surface area contributed by atoms with Crippen molar-refractivity contribution in [3.8, 4) is 5.75 Å². The van der Waals surface area contributed by atoms with Crippen molar-refractivity contribution < 1.29 is 13.2 Å². The molecule has 2 N–H and O–H groups in total. The summed E-state index contributed by atoms with van der Waals surface area (Å²) in [4.78, 5) is -0.0615. The number of rotatable bonds is 8. The standard InChI is InChI=1S/C13H20ClNO3S/c1-2-3-4-5-6-9-18-12-8-7-11(14)10-13(12)19(15,16)17/h7-8,10H,2-6,9H2,1H3,(H2,15,16,17). The average molecular weight is 306 g/mol. The number of primary sulfonamides is 1. The molecule has 0 unspecified atom stereocenters. The highest BCUT2D eigenvalue weighted by Crippen LogP contribution is 2.26. The zero-order chi connectivity index (χ0) is 14.3. The van der Waals surface area contributed by atoms with Crippen molar-refractivity contribution >= 4 is 21.6 Å². The van der Waals surface area contributed by atoms with Gasteiger partial charge in [0.05, 0.1) is 6.61 Å². The first-order valence-electron chi connectivity index (χ1n) is 6.40. The summed E-state index contributed by atoms with van der Waals surface area (Å²) in [5, 5.41) is 5.45. The summed E-state index contributed by atoms with van der Waals surface area (Å²) in [5.41, 5.74) is 0. The zero-order valence-corrected chi connectivity index (χ0v) is 12.6. The van der Waals surface area contributed by atoms with E-state index in [1.54, 1.807) is 6.07 Å². The van der Waals surface area contributed by atoms with Crippen molar-refractivity contribution in [2.75, 3.05) is 6.61 Å². The van der Waals surface area contributed by atoms with E-state index in [0.29, 0.717) is 11.6 Å². The van der Waals surface area contributed by atoms with E-state index in [-0.39, 0.29) is 10.6 Å². The Bertz CT molecular complexity index is 503. The van der Waals surface area contributed by atoms with Gasteiger partial charge in [0.25, 0.3) is 0 Å². The lowest BCUT2D eigenvalue weighted by molar-refractivity contribution is 0.297. The van der Waals surface area contributed by atoms with Gasteiger partial charge in [-0.25, -0.2) is 13.6 Å². The molecule has 1 rings (SSSR count). The first kappa shape index (κ1) is 16.3. The SMILES string of the molecule is CCCCCCCOc1ccc(Cl)cc1S(N)(=O)=O. The summed E-state index contributed by atoms with van der Waals surface area (Å²) in [6.07, 6.45) is 5.54. The van der Waals surface area contributed by atoms with Crippen LogP contribution in [-0.4, -0.2) is 15.0 Å². The fraction of sp³-hybridized carbons (Fsp3) is 0.538. The maximum atomic E-state index is 11.4. The van der Waals surface area contributed by atoms with E-state index in [9.17, 15) is 8.42 Å². The van der Waals surface area contributed by atoms with E-state index in [2.05, 4.69) is 6.92 Å². The van der Waals surface area contributed by atoms with Crippen LogP contribution in [0, 0.1) is 0 Å². The van der Waals surface area contributed by atoms with Crippen molar-refractivity contribution in [2.24, 2.45) is 5.14 Å². The third-order valence-electron chi connectivity index (χ3n) is 2.72. The van der Waals surface area contributed by atoms with Gasteiger partial charge in [-0.1, -0.05) is 44.2 Å². The molecule has 1 aromatic carbocycles. The molecule has 0 saturated heterocycles. The molecule has 4 nitrogen and oxygen atoms in total. The Morgan fingerprint density at radius 3 is 2.53 bits per heavy atom. The Morgan fingerprint density at radius 1 is 1.21 bits per heavy atom. The molecule has 0 spiro atoms. The number of hydrogen-bond acceptors (Lipinski definition) is 3. The molecule has 0 bridgehead atoms. The highest BCUT2D eigenvalue weighted by molar-refractivity contribution is 7.89. The Balaban J connectivity index is 2.59. The fourth-order valence-electron chi connectivity index (χ4n) is 1.71. The van der Waals surface area contributed by atoms with Crippen LogP contribution in [0.15, 0.2) is 23.1 Å². The minimum Gasteiger partial charge on any atom is -0.492 e. The van der Waals surface area contributed by atoms with Gasteiger partial charge in [0.15, 0.2) is 0 Å². The number of nitrogens with two attached hydrogens (primary N) is 1. The second kappa shape index (κ2) is 7.72. The molecule has 108 valence electrons. The lowest BCUT2D eigenvalue weighted by Crippen LogP contribution is -2.14. The Morgan fingerprint density at radius 2 is 1.89 bits per heavy atom. The van der Waals surface area contributed by atoms with Crippen molar-refractivity contribution in [1.29, 1.82) is 0 Å². The summed E-state index contributed by atoms with van der Waals surface area (Å²) < 4.78 is 28.3. The average Bonchev–Trinajstić information content (AvgIpc) is 2.34. The summed E-state index contributed by atoms with van der Waals surface area (Å²) in [6, 6.07) is 4.43. The molecule has 0 heterocycles. The predicted octanol–water partition coefficient (Wildman–Crippen LogP) is 3.34. The number of hydrogen-bond donors (Lipinski definition) is 1. The van der Waals surface area contributed by atoms with E-state index in [4.69, 9.17) is 21.5 Å². The van der Waals surface area contributed by atoms with E-state index in [1.807, 2.05) is 0 Å². The molecule has 0 atom stereocenters. The van der Waals surface area contributed by atoms with Crippen molar-refractivity contribution in [2.45, 2.75) is 43.9 Å². The topological polar surface area (TPSA) is 69.4 Å². The maximum absolute atomic E-state index is 11.4. The van der Waals surface area contributed by atoms with Gasteiger partial charge in [0.1, 0.15) is 10.6 Å². The van der Waals surface area contributed by atoms with Crippen LogP contribution in [0.1, 0.15) is 39.0 Å². The summed E-state index contributed by atoms with van der Waals surface area (Å²) in [6.45, 7) is 2.64. The van der Waals surface area contributed by atoms with Crippen LogP contribution in [0.3, 0.4) is 0 Å². The van der Waals surface area contributed by atoms with Gasteiger partial charge < -0.3 is 4.74 Å². The summed E-state index contributed by atoms with van der Waals surface area (Å²) >= 11 is 5.77. The van der Waals surface area contributed by atoms with Gasteiger partial charge >= 0.3 is 0 Å². The van der Waals surface area contributed by atoms with E-state index in [1.165, 1.54) is 31.4 Å². The lowest BCUT2D eigenvalue weighted by atomic mass is 10.2. The highest BCUT2D eigenvalue weighted by Gasteiger charge is 2.15. The van der Waals surface area contributed by atoms with Crippen molar-refractivity contribution in [3.63, 3.8) is 0 Å². The Kier molecular flexibility index (Phi) is 6.62. The number of benzene rings is 1. The van der Waals surface area contributed by atoms with Gasteiger partial charge in [-0.05, 0) is 24.6 Å². The summed E-state index contributed by atoms with van der Waals surface area (Å²) in [7, 11) is -3.82. The van der Waals surface area contributed by atoms with Crippen LogP contribution >= 0.6 is 11.6 Å². The van der Waals surface area contributed by atoms with Crippen LogP contribution < -0.4 is 9.88 Å². The number of unbranched alkanes of at least 4 members (excludes halogenated alkanes) is 4. The first-order chi connectivity index (χ1) is 8.95. The number of sulfonamides is 1. The third kappa shape index (κ3) is 5.80. The van der Waals surface area contributed by atoms with Crippen LogP contribution in [0.4, 0.5) is 0 Å². The fourth-order valence-corrected chi connectivity index (χ4v) is 2.65. The molecule has 6 heteroatoms. The molecule has 0 amide bonds. The highest BCUT2D eigenvalue weighted by atomic mass is 35.5. The van der Waals surface area contributed by atoms with Gasteiger partial charge in [-0.2, -0.15) is 0 Å². The second-order valence-electron chi connectivity index (χ2n) is 4.40. The second-order valence-corrected chi connectivity index (χ2v) is 6.37. The molecule has 0 radical (unpaired) electrons. The van der Waals surface area contributed by atoms with Crippen LogP contribution in [0.2, 0.25) is 5.02 Å². The normalized spacial score (nSPS) is 11.5. The monoisotopic (exact) mass is 305 g/mol. The minimum absolute atomic E-state index is 0.0615. The molecule has 0 aromatic heterocycles. The summed E-state index contributed by atoms with van der Waals surface area (Å²) in [5.74, 6) is 0.266. The zero-order valence-electron chi connectivity index (χ0n) is 11.1. The van der Waals surface area contributed by atoms with Crippen LogP contribution in [-0.2, 0) is 10.0 Å². The number of halogens is 1. The molecule has 0 aliphatic rings. The van der Waals surface area contributed by atoms with Crippen molar-refractivity contribution in [3.05, 3.63) is 23.2 Å². The molecule has 0 aliphatic carbocycles. The van der Waals surface area contributed by atoms with Gasteiger partial charge in [0.2, 0.25) is 10.0 Å². The van der Waals surface area contributed by atoms with E-state index < -0.39 is 10.0 Å². The Labute approximate surface area is 120 Å². The first-order valence-corrected chi connectivity index (χ1v) is 8.32. The molecule has 1 aromatic rings. The molecular formula is C13H20ClNO3S. The molecule has 0 fully saturated rings. The smallest absolute Gasteiger partial charge is 0.241 e. The molecular weight excluding hydrogens is 286 g/mol. The van der Waals surface area contributed by atoms with Gasteiger partial charge in [-0.15, -0.1) is 0 Å². The van der Waals surface area contributed by atoms with Gasteiger partial charge in [0, 0.05) is 5.02 Å². The van der Waals surface area contributed by atoms with Gasteiger partial charge in [-0.3, -0.25) is 0 Å². The Hall–Kier alpha value is -0.780. The third-order valence-corrected chi connectivity index (χ3v) is 3.88. The van der Waals surface area contributed by atoms with E-state index in [0.717, 1.165) is 12.8 Å². The predicted molar refractivity (Wildman–Crippen MR) is 77.1 cm³/mol. The molecule has 0 aliphatic heterocycles. The molecule has 0 saturated carbocycles. The van der Waals surface area contributed by atoms with Crippen LogP contribution in [0.25, 0.3) is 0 Å². The lowest BCUT2D eigenvalue weighted by Gasteiger charge is -2.10. The number of ether oxygens (including phenoxy) is 1. The largest absolute Gasteiger partial charge is 0.492 e. The van der Waals surface area contributed by atoms with E-state index >= 15 is 0 Å². The maximum Gasteiger partial charge on any atom is 0.241 e. The minimum atomic E-state index is -3.82. The van der Waals surface area contributed by atoms with Crippen molar-refractivity contribution in [1.82, 2.24) is 0 Å².